The summed E-state index contributed by atoms with van der Waals surface area (Å²) in [6, 6.07) is 29.2. The summed E-state index contributed by atoms with van der Waals surface area (Å²) in [7, 11) is 0. The number of pyridine rings is 1. The van der Waals surface area contributed by atoms with E-state index < -0.39 is 0 Å². The monoisotopic (exact) mass is 1010 g/mol. The van der Waals surface area contributed by atoms with Gasteiger partial charge in [0.25, 0.3) is 0 Å². The summed E-state index contributed by atoms with van der Waals surface area (Å²) in [4.78, 5) is 5.58. The minimum absolute atomic E-state index is 0. The fourth-order valence-corrected chi connectivity index (χ4v) is 15.1. The summed E-state index contributed by atoms with van der Waals surface area (Å²) >= 11 is 0. The maximum atomic E-state index is 12.5. The van der Waals surface area contributed by atoms with Crippen LogP contribution < -0.4 is 0 Å². The zero-order valence-corrected chi connectivity index (χ0v) is 43.0. The Morgan fingerprint density at radius 3 is 1.11 bits per heavy atom. The molecule has 0 radical (unpaired) electrons. The second-order valence-electron chi connectivity index (χ2n) is 22.1. The molecule has 1 heterocycles. The van der Waals surface area contributed by atoms with Crippen LogP contribution in [0.5, 0.6) is 11.5 Å². The molecule has 8 saturated carbocycles. The van der Waals surface area contributed by atoms with Crippen molar-refractivity contribution >= 4 is 0 Å². The molecule has 0 amide bonds. The fraction of sp³-hybridized carbons (Fsp3) is 0.475. The van der Waals surface area contributed by atoms with Gasteiger partial charge in [-0.15, -0.1) is 0 Å². The summed E-state index contributed by atoms with van der Waals surface area (Å²) in [5, 5.41) is 25.1. The fourth-order valence-electron chi connectivity index (χ4n) is 15.1. The Hall–Kier alpha value is -3.50. The van der Waals surface area contributed by atoms with Crippen molar-refractivity contribution in [3.05, 3.63) is 127 Å². The minimum Gasteiger partial charge on any atom is -0.507 e. The van der Waals surface area contributed by atoms with Crippen molar-refractivity contribution in [3.8, 4) is 56.3 Å². The first kappa shape index (κ1) is 46.0. The predicted octanol–water partition coefficient (Wildman–Crippen LogP) is 15.9. The molecule has 8 bridgehead atoms. The van der Waals surface area contributed by atoms with Crippen LogP contribution in [0.15, 0.2) is 78.9 Å². The molecule has 8 aliphatic carbocycles. The van der Waals surface area contributed by atoms with Crippen LogP contribution >= 0.6 is 0 Å². The molecule has 8 aliphatic rings. The number of hydrogen-bond donors (Lipinski definition) is 2. The second-order valence-corrected chi connectivity index (χ2v) is 22.1. The van der Waals surface area contributed by atoms with Gasteiger partial charge in [0, 0.05) is 59.2 Å². The zero-order chi connectivity index (χ0) is 41.2. The minimum atomic E-state index is 0. The standard InChI is InChI=1S/C57H65NO2.2CH3.Hf/c1-32(2)42-10-12-44(48-14-34(5)16-50(54(48)59)56-26-36-18-37(27-56)20-38(19-36)28-56)46(24-42)52-8-7-9-53(58-52)47-25-43(33(3)4)11-13-45(47)49-15-35(6)17-51(55(49)60)57-29-39-21-40(30-57)23-41(22-39)31-57;;;/h7-17,24-25,32-33,36-41,59-60H,18-23,26-31H2,1-6H3;2*1H3;/q;2*-1;. The van der Waals surface area contributed by atoms with E-state index in [-0.39, 0.29) is 51.5 Å². The Morgan fingerprint density at radius 1 is 0.460 bits per heavy atom. The molecular weight excluding hydrogens is 933 g/mol. The third kappa shape index (κ3) is 7.82. The molecule has 8 fully saturated rings. The van der Waals surface area contributed by atoms with Crippen molar-refractivity contribution in [1.29, 1.82) is 0 Å². The van der Waals surface area contributed by atoms with E-state index in [1.165, 1.54) is 110 Å². The van der Waals surface area contributed by atoms with Gasteiger partial charge in [0.15, 0.2) is 0 Å². The van der Waals surface area contributed by atoms with Gasteiger partial charge in [-0.2, -0.15) is 0 Å². The number of rotatable bonds is 8. The van der Waals surface area contributed by atoms with Crippen molar-refractivity contribution in [2.75, 3.05) is 0 Å². The molecule has 13 rings (SSSR count). The number of nitrogens with zero attached hydrogens (tertiary/aromatic N) is 1. The van der Waals surface area contributed by atoms with Gasteiger partial charge in [-0.3, -0.25) is 0 Å². The number of phenolic OH excluding ortho intramolecular Hbond substituents is 2. The van der Waals surface area contributed by atoms with E-state index in [0.717, 1.165) is 80.3 Å². The Kier molecular flexibility index (Phi) is 12.5. The summed E-state index contributed by atoms with van der Waals surface area (Å²) in [6.07, 6.45) is 15.6. The smallest absolute Gasteiger partial charge is 0.127 e. The second kappa shape index (κ2) is 17.1. The molecule has 2 N–H and O–H groups in total. The molecule has 4 aromatic carbocycles. The van der Waals surface area contributed by atoms with Crippen LogP contribution in [0.4, 0.5) is 0 Å². The van der Waals surface area contributed by atoms with E-state index in [1.807, 2.05) is 0 Å². The summed E-state index contributed by atoms with van der Waals surface area (Å²) < 4.78 is 0. The molecule has 3 nitrogen and oxygen atoms in total. The molecule has 0 aliphatic heterocycles. The Morgan fingerprint density at radius 2 is 0.794 bits per heavy atom. The van der Waals surface area contributed by atoms with Gasteiger partial charge in [-0.05, 0) is 219 Å². The summed E-state index contributed by atoms with van der Waals surface area (Å²) in [5.41, 5.74) is 15.4. The molecular formula is C59H71HfNO2-2. The zero-order valence-electron chi connectivity index (χ0n) is 39.5. The number of hydrogen-bond acceptors (Lipinski definition) is 3. The van der Waals surface area contributed by atoms with Crippen LogP contribution in [-0.2, 0) is 36.7 Å². The molecule has 5 aromatic rings. The van der Waals surface area contributed by atoms with Gasteiger partial charge >= 0.3 is 0 Å². The summed E-state index contributed by atoms with van der Waals surface area (Å²) in [6.45, 7) is 13.5. The van der Waals surface area contributed by atoms with E-state index in [2.05, 4.69) is 120 Å². The number of aryl methyl sites for hydroxylation is 2. The molecule has 63 heavy (non-hydrogen) atoms. The van der Waals surface area contributed by atoms with E-state index in [1.54, 1.807) is 0 Å². The molecule has 1 aromatic heterocycles. The van der Waals surface area contributed by atoms with E-state index in [0.29, 0.717) is 23.3 Å². The van der Waals surface area contributed by atoms with Gasteiger partial charge in [-0.1, -0.05) is 70.2 Å². The quantitative estimate of drug-likeness (QED) is 0.120. The molecule has 4 heteroatoms. The van der Waals surface area contributed by atoms with Crippen LogP contribution in [0.25, 0.3) is 44.8 Å². The molecule has 0 saturated heterocycles. The van der Waals surface area contributed by atoms with E-state index in [4.69, 9.17) is 4.98 Å². The van der Waals surface area contributed by atoms with Gasteiger partial charge < -0.3 is 25.1 Å². The Labute approximate surface area is 398 Å². The van der Waals surface area contributed by atoms with Gasteiger partial charge in [0.1, 0.15) is 11.5 Å². The van der Waals surface area contributed by atoms with Crippen molar-refractivity contribution in [2.45, 2.75) is 141 Å². The van der Waals surface area contributed by atoms with Gasteiger partial charge in [0.05, 0.1) is 11.4 Å². The van der Waals surface area contributed by atoms with E-state index in [9.17, 15) is 10.2 Å². The van der Waals surface area contributed by atoms with E-state index >= 15 is 0 Å². The van der Waals surface area contributed by atoms with Crippen LogP contribution in [0.3, 0.4) is 0 Å². The Bertz CT molecular complexity index is 2290. The topological polar surface area (TPSA) is 53.4 Å². The number of aromatic hydroxyl groups is 2. The summed E-state index contributed by atoms with van der Waals surface area (Å²) in [5.74, 6) is 6.47. The SMILES string of the molecule is Cc1cc(-c2ccc(C(C)C)cc2-c2cccc(-c3cc(C(C)C)ccc3-c3cc(C)cc(C45CC6CC(CC(C6)C4)C5)c3O)n2)c(O)c(C23CC4CC(CC(C4)C2)C3)c1.[CH3-].[CH3-].[Hf]. The third-order valence-corrected chi connectivity index (χ3v) is 17.0. The molecule has 330 valence electrons. The molecule has 0 spiro atoms. The first-order chi connectivity index (χ1) is 28.8. The van der Waals surface area contributed by atoms with Crippen molar-refractivity contribution < 1.29 is 36.1 Å². The van der Waals surface area contributed by atoms with Crippen LogP contribution in [0.1, 0.15) is 150 Å². The predicted molar refractivity (Wildman–Crippen MR) is 259 cm³/mol. The first-order valence-corrected chi connectivity index (χ1v) is 23.8. The average molecular weight is 1000 g/mol. The van der Waals surface area contributed by atoms with Crippen molar-refractivity contribution in [2.24, 2.45) is 35.5 Å². The third-order valence-electron chi connectivity index (χ3n) is 17.0. The molecule has 0 atom stereocenters. The number of benzene rings is 4. The maximum Gasteiger partial charge on any atom is 0.127 e. The largest absolute Gasteiger partial charge is 0.507 e. The van der Waals surface area contributed by atoms with Crippen LogP contribution in [0, 0.1) is 64.2 Å². The first-order valence-electron chi connectivity index (χ1n) is 23.8. The van der Waals surface area contributed by atoms with Crippen LogP contribution in [0.2, 0.25) is 0 Å². The van der Waals surface area contributed by atoms with Crippen LogP contribution in [-0.4, -0.2) is 15.2 Å². The maximum absolute atomic E-state index is 12.5. The number of phenols is 2. The number of aromatic nitrogens is 1. The molecule has 0 unspecified atom stereocenters. The Balaban J connectivity index is 0.00000181. The van der Waals surface area contributed by atoms with Crippen molar-refractivity contribution in [1.82, 2.24) is 4.98 Å². The van der Waals surface area contributed by atoms with Crippen molar-refractivity contribution in [3.63, 3.8) is 0 Å². The normalized spacial score (nSPS) is 28.5. The van der Waals surface area contributed by atoms with Gasteiger partial charge in [0.2, 0.25) is 0 Å². The van der Waals surface area contributed by atoms with Gasteiger partial charge in [-0.25, -0.2) is 4.98 Å². The average Bonchev–Trinajstić information content (AvgIpc) is 3.21.